The van der Waals surface area contributed by atoms with E-state index in [9.17, 15) is 0 Å². The molecule has 0 amide bonds. The topological polar surface area (TPSA) is 26.0 Å². The minimum Gasteiger partial charge on any atom is -0.398 e. The molecule has 48 valence electrons. The summed E-state index contributed by atoms with van der Waals surface area (Å²) >= 11 is 1.59. The van der Waals surface area contributed by atoms with Crippen molar-refractivity contribution in [3.05, 3.63) is 24.3 Å². The maximum Gasteiger partial charge on any atom is 0.0455 e. The Kier molecular flexibility index (Phi) is 2.38. The largest absolute Gasteiger partial charge is 0.398 e. The molecule has 1 aromatic carbocycles. The zero-order valence-corrected chi connectivity index (χ0v) is 6.84. The minimum atomic E-state index is 0.845. The Morgan fingerprint density at radius 3 is 2.44 bits per heavy atom. The van der Waals surface area contributed by atoms with Gasteiger partial charge in [0.15, 0.2) is 0 Å². The van der Waals surface area contributed by atoms with Crippen molar-refractivity contribution in [2.45, 2.75) is 4.90 Å². The third-order valence-electron chi connectivity index (χ3n) is 1.05. The Labute approximate surface area is 61.0 Å². The predicted octanol–water partition coefficient (Wildman–Crippen LogP) is 2.15. The molecule has 1 nitrogen and oxygen atoms in total. The fraction of sp³-hybridized carbons (Fsp3) is 0. The summed E-state index contributed by atoms with van der Waals surface area (Å²) < 4.78 is 0. The number of rotatable bonds is 1. The highest BCUT2D eigenvalue weighted by molar-refractivity contribution is 8.43. The van der Waals surface area contributed by atoms with E-state index in [2.05, 4.69) is 8.44 Å². The van der Waals surface area contributed by atoms with E-state index in [-0.39, 0.29) is 0 Å². The van der Waals surface area contributed by atoms with Gasteiger partial charge in [-0.2, -0.15) is 0 Å². The Bertz CT molecular complexity index is 202. The van der Waals surface area contributed by atoms with Crippen LogP contribution in [0.5, 0.6) is 0 Å². The third kappa shape index (κ3) is 1.60. The quantitative estimate of drug-likeness (QED) is 0.499. The van der Waals surface area contributed by atoms with Gasteiger partial charge in [0.05, 0.1) is 0 Å². The van der Waals surface area contributed by atoms with Gasteiger partial charge in [0.1, 0.15) is 0 Å². The first-order valence-electron chi connectivity index (χ1n) is 2.56. The molecule has 0 aromatic heterocycles. The van der Waals surface area contributed by atoms with Gasteiger partial charge in [-0.15, -0.1) is 11.4 Å². The predicted molar refractivity (Wildman–Crippen MR) is 46.4 cm³/mol. The van der Waals surface area contributed by atoms with Crippen molar-refractivity contribution in [3.8, 4) is 0 Å². The van der Waals surface area contributed by atoms with Crippen LogP contribution in [0, 0.1) is 0 Å². The zero-order valence-electron chi connectivity index (χ0n) is 4.87. The van der Waals surface area contributed by atoms with Crippen LogP contribution in [-0.2, 0) is 0 Å². The lowest BCUT2D eigenvalue weighted by Gasteiger charge is -1.97. The fourth-order valence-corrected chi connectivity index (χ4v) is 1.59. The summed E-state index contributed by atoms with van der Waals surface area (Å²) in [5.41, 5.74) is 6.44. The average molecular weight is 157 g/mol. The molecule has 1 atom stereocenters. The smallest absolute Gasteiger partial charge is 0.0455 e. The minimum absolute atomic E-state index is 0.845. The molecule has 0 fully saturated rings. The molecule has 0 aliphatic heterocycles. The van der Waals surface area contributed by atoms with E-state index in [0.717, 1.165) is 10.6 Å². The molecular weight excluding hydrogens is 149 g/mol. The van der Waals surface area contributed by atoms with Crippen LogP contribution in [0.1, 0.15) is 0 Å². The number of hydrogen-bond acceptors (Lipinski definition) is 2. The van der Waals surface area contributed by atoms with Gasteiger partial charge < -0.3 is 5.73 Å². The average Bonchev–Trinajstić information content (AvgIpc) is 1.89. The van der Waals surface area contributed by atoms with Crippen LogP contribution < -0.4 is 5.73 Å². The Morgan fingerprint density at radius 1 is 1.33 bits per heavy atom. The van der Waals surface area contributed by atoms with Gasteiger partial charge in [-0.05, 0) is 12.1 Å². The first-order chi connectivity index (χ1) is 4.34. The second-order valence-electron chi connectivity index (χ2n) is 1.66. The van der Waals surface area contributed by atoms with E-state index in [4.69, 9.17) is 5.73 Å². The summed E-state index contributed by atoms with van der Waals surface area (Å²) in [6, 6.07) is 7.79. The van der Waals surface area contributed by atoms with Crippen LogP contribution in [0.25, 0.3) is 0 Å². The zero-order chi connectivity index (χ0) is 6.69. The highest BCUT2D eigenvalue weighted by atomic mass is 32.7. The summed E-state index contributed by atoms with van der Waals surface area (Å²) in [5, 5.41) is 0. The monoisotopic (exact) mass is 157 g/mol. The van der Waals surface area contributed by atoms with Gasteiger partial charge in [-0.3, -0.25) is 0 Å². The second kappa shape index (κ2) is 3.09. The molecule has 2 N–H and O–H groups in total. The van der Waals surface area contributed by atoms with E-state index < -0.39 is 0 Å². The van der Waals surface area contributed by atoms with Crippen LogP contribution in [0.4, 0.5) is 5.69 Å². The molecule has 1 unspecified atom stereocenters. The lowest BCUT2D eigenvalue weighted by Crippen LogP contribution is -1.84. The van der Waals surface area contributed by atoms with Crippen LogP contribution in [0.3, 0.4) is 0 Å². The van der Waals surface area contributed by atoms with Gasteiger partial charge in [-0.25, -0.2) is 0 Å². The van der Waals surface area contributed by atoms with Crippen LogP contribution in [-0.4, -0.2) is 0 Å². The molecule has 0 aliphatic rings. The SMILES string of the molecule is Nc1ccccc1SP. The summed E-state index contributed by atoms with van der Waals surface area (Å²) in [5.74, 6) is 0. The van der Waals surface area contributed by atoms with Crippen molar-refractivity contribution in [3.63, 3.8) is 0 Å². The molecule has 3 heteroatoms. The number of para-hydroxylation sites is 1. The van der Waals surface area contributed by atoms with Gasteiger partial charge in [0, 0.05) is 10.6 Å². The van der Waals surface area contributed by atoms with Crippen LogP contribution in [0.2, 0.25) is 0 Å². The van der Waals surface area contributed by atoms with Crippen molar-refractivity contribution in [2.75, 3.05) is 5.73 Å². The van der Waals surface area contributed by atoms with E-state index in [1.165, 1.54) is 0 Å². The summed E-state index contributed by atoms with van der Waals surface area (Å²) in [6.07, 6.45) is 0. The molecule has 9 heavy (non-hydrogen) atoms. The molecule has 0 saturated carbocycles. The number of anilines is 1. The van der Waals surface area contributed by atoms with E-state index in [0.29, 0.717) is 0 Å². The van der Waals surface area contributed by atoms with Crippen molar-refractivity contribution in [2.24, 2.45) is 0 Å². The number of nitrogens with two attached hydrogens (primary N) is 1. The maximum atomic E-state index is 5.60. The van der Waals surface area contributed by atoms with Gasteiger partial charge in [0.25, 0.3) is 0 Å². The lowest BCUT2D eigenvalue weighted by atomic mass is 10.3. The summed E-state index contributed by atoms with van der Waals surface area (Å²) in [7, 11) is 2.56. The number of nitrogen functional groups attached to an aromatic ring is 1. The molecule has 0 saturated heterocycles. The van der Waals surface area contributed by atoms with E-state index in [1.54, 1.807) is 11.4 Å². The lowest BCUT2D eigenvalue weighted by molar-refractivity contribution is 1.47. The highest BCUT2D eigenvalue weighted by Crippen LogP contribution is 2.29. The van der Waals surface area contributed by atoms with Crippen LogP contribution in [0.15, 0.2) is 29.2 Å². The maximum absolute atomic E-state index is 5.60. The second-order valence-corrected chi connectivity index (χ2v) is 3.04. The van der Waals surface area contributed by atoms with E-state index >= 15 is 0 Å². The Hall–Kier alpha value is -0.200. The number of hydrogen-bond donors (Lipinski definition) is 1. The third-order valence-corrected chi connectivity index (χ3v) is 2.43. The Morgan fingerprint density at radius 2 is 2.00 bits per heavy atom. The van der Waals surface area contributed by atoms with Crippen LogP contribution >= 0.6 is 19.8 Å². The molecule has 0 heterocycles. The molecule has 0 radical (unpaired) electrons. The van der Waals surface area contributed by atoms with E-state index in [1.807, 2.05) is 24.3 Å². The molecule has 1 rings (SSSR count). The fourth-order valence-electron chi connectivity index (χ4n) is 0.588. The molecular formula is C6H8NPS. The molecule has 0 aliphatic carbocycles. The van der Waals surface area contributed by atoms with Gasteiger partial charge in [0.2, 0.25) is 0 Å². The molecule has 0 spiro atoms. The summed E-state index contributed by atoms with van der Waals surface area (Å²) in [6.45, 7) is 0. The standard InChI is InChI=1S/C6H8NPS/c7-5-3-1-2-4-6(5)9-8/h1-4H,7-8H2. The first kappa shape index (κ1) is 6.91. The van der Waals surface area contributed by atoms with Crippen molar-refractivity contribution < 1.29 is 0 Å². The van der Waals surface area contributed by atoms with Crippen molar-refractivity contribution in [1.29, 1.82) is 0 Å². The Balaban J connectivity index is 3.01. The van der Waals surface area contributed by atoms with Crippen molar-refractivity contribution >= 4 is 25.5 Å². The first-order valence-corrected chi connectivity index (χ1v) is 4.85. The normalized spacial score (nSPS) is 9.44. The van der Waals surface area contributed by atoms with Gasteiger partial charge >= 0.3 is 0 Å². The molecule has 0 bridgehead atoms. The molecule has 1 aromatic rings. The van der Waals surface area contributed by atoms with Gasteiger partial charge in [-0.1, -0.05) is 20.6 Å². The number of benzene rings is 1. The highest BCUT2D eigenvalue weighted by Gasteiger charge is 1.91. The summed E-state index contributed by atoms with van der Waals surface area (Å²) in [4.78, 5) is 1.11. The van der Waals surface area contributed by atoms with Crippen molar-refractivity contribution in [1.82, 2.24) is 0 Å².